The van der Waals surface area contributed by atoms with Crippen molar-refractivity contribution in [2.24, 2.45) is 0 Å². The van der Waals surface area contributed by atoms with Gasteiger partial charge in [0.15, 0.2) is 0 Å². The summed E-state index contributed by atoms with van der Waals surface area (Å²) in [5.74, 6) is 0. The summed E-state index contributed by atoms with van der Waals surface area (Å²) < 4.78 is 30.2. The quantitative estimate of drug-likeness (QED) is 0.754. The second kappa shape index (κ2) is 4.53. The van der Waals surface area contributed by atoms with Crippen LogP contribution in [0.25, 0.3) is 0 Å². The van der Waals surface area contributed by atoms with Crippen LogP contribution >= 0.6 is 0 Å². The summed E-state index contributed by atoms with van der Waals surface area (Å²) in [5, 5.41) is 9.28. The van der Waals surface area contributed by atoms with E-state index in [1.807, 2.05) is 0 Å². The Morgan fingerprint density at radius 2 is 2.06 bits per heavy atom. The largest absolute Gasteiger partial charge is 0.444 e. The fraction of sp³-hybridized carbons (Fsp3) is 0.900. The molecule has 0 bridgehead atoms. The van der Waals surface area contributed by atoms with Crippen LogP contribution in [0, 0.1) is 0 Å². The molecule has 0 radical (unpaired) electrons. The van der Waals surface area contributed by atoms with E-state index in [2.05, 4.69) is 0 Å². The minimum Gasteiger partial charge on any atom is -0.444 e. The Balaban J connectivity index is 2.67. The highest BCUT2D eigenvalue weighted by Crippen LogP contribution is 2.25. The topological polar surface area (TPSA) is 49.8 Å². The number of ether oxygens (including phenoxy) is 1. The SMILES string of the molecule is CC(C)(C)OC(=O)N1CC(O)CC1C(F)F. The van der Waals surface area contributed by atoms with E-state index < -0.39 is 30.3 Å². The first-order chi connectivity index (χ1) is 7.20. The van der Waals surface area contributed by atoms with E-state index in [0.29, 0.717) is 0 Å². The molecule has 1 fully saturated rings. The minimum atomic E-state index is -2.66. The summed E-state index contributed by atoms with van der Waals surface area (Å²) in [6, 6.07) is -1.25. The average molecular weight is 237 g/mol. The lowest BCUT2D eigenvalue weighted by Crippen LogP contribution is -2.43. The van der Waals surface area contributed by atoms with Crippen LogP contribution in [0.3, 0.4) is 0 Å². The van der Waals surface area contributed by atoms with E-state index in [0.717, 1.165) is 4.90 Å². The van der Waals surface area contributed by atoms with Crippen LogP contribution in [0.5, 0.6) is 0 Å². The second-order valence-corrected chi connectivity index (χ2v) is 4.92. The van der Waals surface area contributed by atoms with Gasteiger partial charge in [-0.05, 0) is 20.8 Å². The number of likely N-dealkylation sites (tertiary alicyclic amines) is 1. The third-order valence-electron chi connectivity index (χ3n) is 2.24. The summed E-state index contributed by atoms with van der Waals surface area (Å²) in [5.41, 5.74) is -0.725. The molecule has 6 heteroatoms. The lowest BCUT2D eigenvalue weighted by Gasteiger charge is -2.27. The van der Waals surface area contributed by atoms with Gasteiger partial charge in [0.25, 0.3) is 6.43 Å². The van der Waals surface area contributed by atoms with Crippen LogP contribution in [0.15, 0.2) is 0 Å². The summed E-state index contributed by atoms with van der Waals surface area (Å²) >= 11 is 0. The highest BCUT2D eigenvalue weighted by Gasteiger charge is 2.41. The summed E-state index contributed by atoms with van der Waals surface area (Å²) in [6.45, 7) is 4.89. The Morgan fingerprint density at radius 3 is 2.50 bits per heavy atom. The van der Waals surface area contributed by atoms with Gasteiger partial charge in [0.2, 0.25) is 0 Å². The number of hydrogen-bond acceptors (Lipinski definition) is 3. The molecular weight excluding hydrogens is 220 g/mol. The fourth-order valence-electron chi connectivity index (χ4n) is 1.61. The first kappa shape index (κ1) is 13.2. The van der Waals surface area contributed by atoms with Gasteiger partial charge < -0.3 is 9.84 Å². The molecule has 1 rings (SSSR count). The number of β-amino-alcohol motifs (C(OH)–C–C–N with tert-alkyl or cyclic N) is 1. The van der Waals surface area contributed by atoms with Crippen LogP contribution in [-0.4, -0.2) is 46.8 Å². The zero-order valence-corrected chi connectivity index (χ0v) is 9.61. The highest BCUT2D eigenvalue weighted by molar-refractivity contribution is 5.69. The van der Waals surface area contributed by atoms with Gasteiger partial charge in [-0.25, -0.2) is 13.6 Å². The maximum Gasteiger partial charge on any atom is 0.410 e. The second-order valence-electron chi connectivity index (χ2n) is 4.92. The lowest BCUT2D eigenvalue weighted by atomic mass is 10.2. The van der Waals surface area contributed by atoms with Gasteiger partial charge in [-0.15, -0.1) is 0 Å². The fourth-order valence-corrected chi connectivity index (χ4v) is 1.61. The molecule has 0 saturated carbocycles. The van der Waals surface area contributed by atoms with Crippen molar-refractivity contribution < 1.29 is 23.4 Å². The zero-order chi connectivity index (χ0) is 12.5. The molecule has 1 aliphatic rings. The number of rotatable bonds is 1. The van der Waals surface area contributed by atoms with Gasteiger partial charge in [-0.3, -0.25) is 4.90 Å². The zero-order valence-electron chi connectivity index (χ0n) is 9.61. The maximum atomic E-state index is 12.6. The van der Waals surface area contributed by atoms with E-state index >= 15 is 0 Å². The van der Waals surface area contributed by atoms with Crippen molar-refractivity contribution in [3.05, 3.63) is 0 Å². The van der Waals surface area contributed by atoms with Crippen LogP contribution in [0.4, 0.5) is 13.6 Å². The number of carbonyl (C=O) groups is 1. The average Bonchev–Trinajstić information content (AvgIpc) is 2.44. The van der Waals surface area contributed by atoms with Crippen molar-refractivity contribution in [1.82, 2.24) is 4.90 Å². The number of amides is 1. The van der Waals surface area contributed by atoms with Crippen LogP contribution in [0.1, 0.15) is 27.2 Å². The van der Waals surface area contributed by atoms with Crippen molar-refractivity contribution >= 4 is 6.09 Å². The number of halogens is 2. The van der Waals surface area contributed by atoms with Crippen LogP contribution < -0.4 is 0 Å². The normalized spacial score (nSPS) is 26.3. The Morgan fingerprint density at radius 1 is 1.50 bits per heavy atom. The molecule has 94 valence electrons. The number of aliphatic hydroxyl groups is 1. The van der Waals surface area contributed by atoms with Crippen molar-refractivity contribution in [3.63, 3.8) is 0 Å². The summed E-state index contributed by atoms with van der Waals surface area (Å²) in [4.78, 5) is 12.5. The molecule has 1 heterocycles. The van der Waals surface area contributed by atoms with Crippen molar-refractivity contribution in [3.8, 4) is 0 Å². The Bertz CT molecular complexity index is 265. The van der Waals surface area contributed by atoms with Gasteiger partial charge in [-0.1, -0.05) is 0 Å². The van der Waals surface area contributed by atoms with Crippen LogP contribution in [0.2, 0.25) is 0 Å². The number of aliphatic hydroxyl groups excluding tert-OH is 1. The van der Waals surface area contributed by atoms with Gasteiger partial charge >= 0.3 is 6.09 Å². The van der Waals surface area contributed by atoms with Gasteiger partial charge in [0, 0.05) is 6.42 Å². The molecule has 0 aromatic heterocycles. The number of carbonyl (C=O) groups excluding carboxylic acids is 1. The van der Waals surface area contributed by atoms with E-state index in [-0.39, 0.29) is 13.0 Å². The molecule has 1 saturated heterocycles. The monoisotopic (exact) mass is 237 g/mol. The van der Waals surface area contributed by atoms with Crippen molar-refractivity contribution in [1.29, 1.82) is 0 Å². The molecule has 0 aliphatic carbocycles. The molecule has 2 atom stereocenters. The summed E-state index contributed by atoms with van der Waals surface area (Å²) in [6.07, 6.45) is -4.46. The smallest absolute Gasteiger partial charge is 0.410 e. The van der Waals surface area contributed by atoms with Crippen molar-refractivity contribution in [2.45, 2.75) is 51.4 Å². The van der Waals surface area contributed by atoms with E-state index in [1.165, 1.54) is 0 Å². The lowest BCUT2D eigenvalue weighted by molar-refractivity contribution is -0.00250. The number of alkyl halides is 2. The van der Waals surface area contributed by atoms with E-state index in [9.17, 15) is 18.7 Å². The third-order valence-corrected chi connectivity index (χ3v) is 2.24. The third kappa shape index (κ3) is 3.30. The minimum absolute atomic E-state index is 0.0933. The predicted octanol–water partition coefficient (Wildman–Crippen LogP) is 1.62. The first-order valence-electron chi connectivity index (χ1n) is 5.16. The first-order valence-corrected chi connectivity index (χ1v) is 5.16. The van der Waals surface area contributed by atoms with Crippen LogP contribution in [-0.2, 0) is 4.74 Å². The van der Waals surface area contributed by atoms with Gasteiger partial charge in [0.1, 0.15) is 5.60 Å². The molecule has 16 heavy (non-hydrogen) atoms. The highest BCUT2D eigenvalue weighted by atomic mass is 19.3. The van der Waals surface area contributed by atoms with E-state index in [4.69, 9.17) is 4.74 Å². The Hall–Kier alpha value is -0.910. The standard InChI is InChI=1S/C10H17F2NO3/c1-10(2,3)16-9(15)13-5-6(14)4-7(13)8(11)12/h6-8,14H,4-5H2,1-3H3. The molecule has 4 nitrogen and oxygen atoms in total. The maximum absolute atomic E-state index is 12.6. The molecule has 1 N–H and O–H groups in total. The molecule has 0 aromatic carbocycles. The van der Waals surface area contributed by atoms with E-state index in [1.54, 1.807) is 20.8 Å². The molecule has 1 amide bonds. The molecule has 0 aromatic rings. The van der Waals surface area contributed by atoms with Gasteiger partial charge in [0.05, 0.1) is 18.7 Å². The van der Waals surface area contributed by atoms with Crippen molar-refractivity contribution in [2.75, 3.05) is 6.54 Å². The Kier molecular flexibility index (Phi) is 3.72. The summed E-state index contributed by atoms with van der Waals surface area (Å²) in [7, 11) is 0. The molecule has 2 unspecified atom stereocenters. The molecular formula is C10H17F2NO3. The molecule has 0 spiro atoms. The predicted molar refractivity (Wildman–Crippen MR) is 53.4 cm³/mol. The number of hydrogen-bond donors (Lipinski definition) is 1. The molecule has 1 aliphatic heterocycles. The number of nitrogens with zero attached hydrogens (tertiary/aromatic N) is 1. The Labute approximate surface area is 93.2 Å². The van der Waals surface area contributed by atoms with Gasteiger partial charge in [-0.2, -0.15) is 0 Å².